The van der Waals surface area contributed by atoms with Crippen LogP contribution >= 0.6 is 11.3 Å². The summed E-state index contributed by atoms with van der Waals surface area (Å²) >= 11 is 1.02. The van der Waals surface area contributed by atoms with Crippen LogP contribution in [0.15, 0.2) is 6.07 Å². The van der Waals surface area contributed by atoms with Crippen LogP contribution in [0.2, 0.25) is 0 Å². The van der Waals surface area contributed by atoms with E-state index >= 15 is 0 Å². The van der Waals surface area contributed by atoms with Crippen molar-refractivity contribution in [3.63, 3.8) is 0 Å². The van der Waals surface area contributed by atoms with Gasteiger partial charge in [0, 0.05) is 4.88 Å². The minimum Gasteiger partial charge on any atom is -0.478 e. The number of carboxylic acids is 1. The molecule has 1 heterocycles. The predicted molar refractivity (Wildman–Crippen MR) is 61.5 cm³/mol. The van der Waals surface area contributed by atoms with Crippen LogP contribution in [0, 0.1) is 6.92 Å². The second kappa shape index (κ2) is 6.02. The van der Waals surface area contributed by atoms with Gasteiger partial charge in [0.05, 0.1) is 5.56 Å². The molecular formula is C10H10F3NO4S. The molecule has 0 radical (unpaired) electrons. The summed E-state index contributed by atoms with van der Waals surface area (Å²) in [7, 11) is 0. The summed E-state index contributed by atoms with van der Waals surface area (Å²) in [4.78, 5) is 22.8. The zero-order chi connectivity index (χ0) is 14.6. The van der Waals surface area contributed by atoms with Gasteiger partial charge < -0.3 is 15.2 Å². The number of ether oxygens (including phenoxy) is 1. The highest BCUT2D eigenvalue weighted by atomic mass is 32.1. The van der Waals surface area contributed by atoms with Crippen LogP contribution in [0.3, 0.4) is 0 Å². The van der Waals surface area contributed by atoms with E-state index in [0.717, 1.165) is 11.3 Å². The van der Waals surface area contributed by atoms with Crippen LogP contribution in [0.25, 0.3) is 0 Å². The monoisotopic (exact) mass is 297 g/mol. The fourth-order valence-corrected chi connectivity index (χ4v) is 2.11. The van der Waals surface area contributed by atoms with Crippen LogP contribution in [-0.4, -0.2) is 36.4 Å². The number of hydrogen-bond acceptors (Lipinski definition) is 4. The Hall–Kier alpha value is -1.61. The molecule has 9 heteroatoms. The number of halogens is 3. The smallest absolute Gasteiger partial charge is 0.411 e. The highest BCUT2D eigenvalue weighted by Gasteiger charge is 2.28. The first kappa shape index (κ1) is 15.4. The van der Waals surface area contributed by atoms with Crippen molar-refractivity contribution in [2.24, 2.45) is 0 Å². The third-order valence-corrected chi connectivity index (χ3v) is 2.80. The van der Waals surface area contributed by atoms with E-state index in [-0.39, 0.29) is 10.6 Å². The number of hydrogen-bond donors (Lipinski definition) is 2. The Bertz CT molecular complexity index is 484. The summed E-state index contributed by atoms with van der Waals surface area (Å²) < 4.78 is 39.5. The van der Waals surface area contributed by atoms with Crippen LogP contribution in [-0.2, 0) is 9.53 Å². The Kier molecular flexibility index (Phi) is 4.90. The van der Waals surface area contributed by atoms with Crippen LogP contribution in [0.1, 0.15) is 15.2 Å². The van der Waals surface area contributed by atoms with Gasteiger partial charge in [-0.2, -0.15) is 13.2 Å². The van der Waals surface area contributed by atoms with Crippen molar-refractivity contribution in [2.45, 2.75) is 13.1 Å². The summed E-state index contributed by atoms with van der Waals surface area (Å²) in [6.45, 7) is -0.682. The molecule has 0 aliphatic rings. The summed E-state index contributed by atoms with van der Waals surface area (Å²) in [5, 5.41) is 11.1. The summed E-state index contributed by atoms with van der Waals surface area (Å²) in [5.74, 6) is -2.07. The Labute approximate surface area is 110 Å². The van der Waals surface area contributed by atoms with Gasteiger partial charge in [-0.25, -0.2) is 4.79 Å². The molecular weight excluding hydrogens is 287 g/mol. The zero-order valence-corrected chi connectivity index (χ0v) is 10.5. The average Bonchev–Trinajstić information content (AvgIpc) is 2.57. The number of aryl methyl sites for hydroxylation is 1. The fourth-order valence-electron chi connectivity index (χ4n) is 1.19. The average molecular weight is 297 g/mol. The van der Waals surface area contributed by atoms with E-state index in [0.29, 0.717) is 4.88 Å². The molecule has 0 spiro atoms. The lowest BCUT2D eigenvalue weighted by molar-refractivity contribution is -0.174. The molecule has 1 aromatic rings. The number of carboxylic acid groups (broad SMARTS) is 1. The Morgan fingerprint density at radius 2 is 2.11 bits per heavy atom. The summed E-state index contributed by atoms with van der Waals surface area (Å²) in [6, 6.07) is 1.36. The Morgan fingerprint density at radius 3 is 2.63 bits per heavy atom. The number of amides is 1. The van der Waals surface area contributed by atoms with Gasteiger partial charge in [0.15, 0.2) is 0 Å². The van der Waals surface area contributed by atoms with E-state index < -0.39 is 31.3 Å². The SMILES string of the molecule is Cc1cc(C(=O)O)c(NC(=O)COCC(F)(F)F)s1. The first-order valence-electron chi connectivity index (χ1n) is 4.97. The molecule has 0 saturated heterocycles. The van der Waals surface area contributed by atoms with Gasteiger partial charge >= 0.3 is 12.1 Å². The van der Waals surface area contributed by atoms with Crippen LogP contribution in [0.4, 0.5) is 18.2 Å². The van der Waals surface area contributed by atoms with Gasteiger partial charge in [-0.3, -0.25) is 4.79 Å². The quantitative estimate of drug-likeness (QED) is 0.874. The first-order chi connectivity index (χ1) is 8.69. The highest BCUT2D eigenvalue weighted by Crippen LogP contribution is 2.27. The van der Waals surface area contributed by atoms with Crippen molar-refractivity contribution in [3.8, 4) is 0 Å². The van der Waals surface area contributed by atoms with E-state index in [1.54, 1.807) is 6.92 Å². The molecule has 0 unspecified atom stereocenters. The molecule has 106 valence electrons. The third-order valence-electron chi connectivity index (χ3n) is 1.84. The third kappa shape index (κ3) is 5.26. The van der Waals surface area contributed by atoms with Gasteiger partial charge in [0.2, 0.25) is 0 Å². The standard InChI is InChI=1S/C10H10F3NO4S/c1-5-2-6(9(16)17)8(19-5)14-7(15)3-18-4-10(11,12)13/h2H,3-4H2,1H3,(H,14,15)(H,16,17). The molecule has 0 aliphatic heterocycles. The van der Waals surface area contributed by atoms with Gasteiger partial charge in [0.25, 0.3) is 5.91 Å². The second-order valence-electron chi connectivity index (χ2n) is 3.56. The van der Waals surface area contributed by atoms with Crippen LogP contribution < -0.4 is 5.32 Å². The van der Waals surface area contributed by atoms with Crippen LogP contribution in [0.5, 0.6) is 0 Å². The molecule has 0 saturated carbocycles. The van der Waals surface area contributed by atoms with Crippen molar-refractivity contribution < 1.29 is 32.6 Å². The minimum atomic E-state index is -4.51. The number of anilines is 1. The van der Waals surface area contributed by atoms with Gasteiger partial charge in [-0.1, -0.05) is 0 Å². The summed E-state index contributed by atoms with van der Waals surface area (Å²) in [6.07, 6.45) is -4.51. The topological polar surface area (TPSA) is 75.6 Å². The van der Waals surface area contributed by atoms with E-state index in [4.69, 9.17) is 5.11 Å². The number of thiophene rings is 1. The Morgan fingerprint density at radius 1 is 1.47 bits per heavy atom. The molecule has 1 amide bonds. The molecule has 19 heavy (non-hydrogen) atoms. The fraction of sp³-hybridized carbons (Fsp3) is 0.400. The molecule has 0 atom stereocenters. The van der Waals surface area contributed by atoms with Crippen molar-refractivity contribution in [3.05, 3.63) is 16.5 Å². The predicted octanol–water partition coefficient (Wildman–Crippen LogP) is 2.27. The largest absolute Gasteiger partial charge is 0.478 e. The molecule has 5 nitrogen and oxygen atoms in total. The van der Waals surface area contributed by atoms with Gasteiger partial charge in [-0.05, 0) is 13.0 Å². The zero-order valence-electron chi connectivity index (χ0n) is 9.71. The first-order valence-corrected chi connectivity index (χ1v) is 5.79. The molecule has 0 bridgehead atoms. The molecule has 1 aromatic heterocycles. The van der Waals surface area contributed by atoms with Gasteiger partial charge in [-0.15, -0.1) is 11.3 Å². The lowest BCUT2D eigenvalue weighted by Gasteiger charge is -2.07. The van der Waals surface area contributed by atoms with Crippen molar-refractivity contribution >= 4 is 28.2 Å². The van der Waals surface area contributed by atoms with Crippen molar-refractivity contribution in [1.82, 2.24) is 0 Å². The van der Waals surface area contributed by atoms with E-state index in [9.17, 15) is 22.8 Å². The molecule has 0 aromatic carbocycles. The maximum atomic E-state index is 11.8. The number of carbonyl (C=O) groups is 2. The Balaban J connectivity index is 2.55. The van der Waals surface area contributed by atoms with E-state index in [1.807, 2.05) is 0 Å². The number of carbonyl (C=O) groups excluding carboxylic acids is 1. The van der Waals surface area contributed by atoms with E-state index in [1.165, 1.54) is 6.07 Å². The maximum Gasteiger partial charge on any atom is 0.411 e. The maximum absolute atomic E-state index is 11.8. The minimum absolute atomic E-state index is 0.0746. The number of nitrogens with one attached hydrogen (secondary N) is 1. The molecule has 0 aliphatic carbocycles. The molecule has 1 rings (SSSR count). The lowest BCUT2D eigenvalue weighted by atomic mass is 10.3. The highest BCUT2D eigenvalue weighted by molar-refractivity contribution is 7.16. The van der Waals surface area contributed by atoms with E-state index in [2.05, 4.69) is 10.1 Å². The number of rotatable bonds is 5. The van der Waals surface area contributed by atoms with Gasteiger partial charge in [0.1, 0.15) is 18.2 Å². The summed E-state index contributed by atoms with van der Waals surface area (Å²) in [5.41, 5.74) is -0.105. The van der Waals surface area contributed by atoms with Crippen molar-refractivity contribution in [1.29, 1.82) is 0 Å². The molecule has 2 N–H and O–H groups in total. The second-order valence-corrected chi connectivity index (χ2v) is 4.82. The van der Waals surface area contributed by atoms with Crippen molar-refractivity contribution in [2.75, 3.05) is 18.5 Å². The lowest BCUT2D eigenvalue weighted by Crippen LogP contribution is -2.24. The molecule has 0 fully saturated rings. The number of alkyl halides is 3. The number of aromatic carboxylic acids is 1. The normalized spacial score (nSPS) is 11.4.